The maximum Gasteiger partial charge on any atom is 0.162 e. The van der Waals surface area contributed by atoms with E-state index in [2.05, 4.69) is 32.6 Å². The van der Waals surface area contributed by atoms with Gasteiger partial charge in [-0.25, -0.2) is 4.99 Å². The Morgan fingerprint density at radius 1 is 1.22 bits per heavy atom. The predicted molar refractivity (Wildman–Crippen MR) is 106 cm³/mol. The smallest absolute Gasteiger partial charge is 0.162 e. The third-order valence-corrected chi connectivity index (χ3v) is 3.90. The Hall–Kier alpha value is -1.68. The number of nitrogens with one attached hydrogen (secondary N) is 1. The fourth-order valence-electron chi connectivity index (χ4n) is 1.94. The van der Waals surface area contributed by atoms with Gasteiger partial charge in [-0.05, 0) is 30.5 Å². The summed E-state index contributed by atoms with van der Waals surface area (Å²) in [6.45, 7) is 4.83. The van der Waals surface area contributed by atoms with Crippen LogP contribution in [-0.4, -0.2) is 31.4 Å². The van der Waals surface area contributed by atoms with Gasteiger partial charge in [-0.2, -0.15) is 5.10 Å². The molecular weight excluding hydrogens is 350 g/mol. The third-order valence-electron chi connectivity index (χ3n) is 3.34. The zero-order valence-electron chi connectivity index (χ0n) is 13.9. The molecule has 0 atom stereocenters. The van der Waals surface area contributed by atoms with Crippen molar-refractivity contribution in [1.82, 2.24) is 0 Å². The summed E-state index contributed by atoms with van der Waals surface area (Å²) in [5.74, 6) is 0. The molecule has 1 aromatic carbocycles. The van der Waals surface area contributed by atoms with Crippen molar-refractivity contribution in [3.63, 3.8) is 0 Å². The Balaban J connectivity index is 2.40. The number of benzene rings is 1. The van der Waals surface area contributed by atoms with Crippen LogP contribution in [0.25, 0.3) is 0 Å². The number of nitrogens with zero attached hydrogens (tertiary/aromatic N) is 2. The van der Waals surface area contributed by atoms with Gasteiger partial charge in [-0.15, -0.1) is 0 Å². The first-order valence-electron chi connectivity index (χ1n) is 8.06. The molecule has 0 saturated carbocycles. The monoisotopic (exact) mass is 376 g/mol. The lowest BCUT2D eigenvalue weighted by Crippen LogP contribution is -2.68. The second kappa shape index (κ2) is 12.8. The number of hydrazone groups is 1. The van der Waals surface area contributed by atoms with Gasteiger partial charge in [-0.3, -0.25) is 5.01 Å². The molecule has 0 bridgehead atoms. The van der Waals surface area contributed by atoms with Gasteiger partial charge in [0.1, 0.15) is 6.54 Å². The first kappa shape index (κ1) is 19.4. The van der Waals surface area contributed by atoms with Crippen LogP contribution in [0.3, 0.4) is 0 Å². The molecule has 124 valence electrons. The Morgan fingerprint density at radius 3 is 2.65 bits per heavy atom. The van der Waals surface area contributed by atoms with Crippen molar-refractivity contribution in [2.75, 3.05) is 23.9 Å². The van der Waals surface area contributed by atoms with Crippen LogP contribution in [-0.2, 0) is 0 Å². The highest BCUT2D eigenvalue weighted by Gasteiger charge is 1.95. The zero-order chi connectivity index (χ0) is 16.8. The molecule has 0 heterocycles. The molecule has 1 rings (SSSR count). The Kier molecular flexibility index (Phi) is 10.8. The van der Waals surface area contributed by atoms with Crippen LogP contribution in [0.4, 0.5) is 5.69 Å². The molecule has 0 radical (unpaired) electrons. The Labute approximate surface area is 148 Å². The van der Waals surface area contributed by atoms with E-state index in [-0.39, 0.29) is 0 Å². The topological polar surface area (TPSA) is 29.6 Å². The van der Waals surface area contributed by atoms with E-state index in [1.807, 2.05) is 60.9 Å². The number of allylic oxidation sites excluding steroid dienone is 3. The SMILES string of the molecule is C=CC(/C=N/N(C)c1ccccc1)=C\C=[NH+]CCCCCCBr. The molecule has 0 saturated heterocycles. The molecule has 0 aliphatic heterocycles. The third kappa shape index (κ3) is 9.14. The average Bonchev–Trinajstić information content (AvgIpc) is 2.60. The van der Waals surface area contributed by atoms with Crippen LogP contribution >= 0.6 is 15.9 Å². The largest absolute Gasteiger partial charge is 0.269 e. The van der Waals surface area contributed by atoms with E-state index in [4.69, 9.17) is 0 Å². The summed E-state index contributed by atoms with van der Waals surface area (Å²) in [5.41, 5.74) is 2.03. The van der Waals surface area contributed by atoms with Gasteiger partial charge in [0.15, 0.2) is 6.21 Å². The van der Waals surface area contributed by atoms with Crippen LogP contribution < -0.4 is 10.0 Å². The normalized spacial score (nSPS) is 12.2. The number of hydrogen-bond acceptors (Lipinski definition) is 2. The summed E-state index contributed by atoms with van der Waals surface area (Å²) in [4.78, 5) is 3.31. The standard InChI is InChI=1S/C19H26BrN3/c1-3-18(13-16-21-15-10-5-4-9-14-20)17-22-23(2)19-11-7-6-8-12-19/h3,6-8,11-13,16-17H,1,4-5,9-10,14-15H2,2H3/p+1/b18-13+,21-16?,22-17+. The Morgan fingerprint density at radius 2 is 1.96 bits per heavy atom. The summed E-state index contributed by atoms with van der Waals surface area (Å²) in [5, 5.41) is 7.38. The fraction of sp³-hybridized carbons (Fsp3) is 0.368. The van der Waals surface area contributed by atoms with Crippen LogP contribution in [0.15, 0.2) is 59.7 Å². The van der Waals surface area contributed by atoms with Crippen molar-refractivity contribution in [2.24, 2.45) is 5.10 Å². The van der Waals surface area contributed by atoms with Gasteiger partial charge >= 0.3 is 0 Å². The van der Waals surface area contributed by atoms with Crippen molar-refractivity contribution in [3.05, 3.63) is 54.6 Å². The second-order valence-electron chi connectivity index (χ2n) is 5.20. The van der Waals surface area contributed by atoms with E-state index in [9.17, 15) is 0 Å². The van der Waals surface area contributed by atoms with Gasteiger partial charge in [0.25, 0.3) is 0 Å². The van der Waals surface area contributed by atoms with E-state index >= 15 is 0 Å². The van der Waals surface area contributed by atoms with Gasteiger partial charge in [0, 0.05) is 24.9 Å². The number of hydrogen-bond donors (Lipinski definition) is 1. The lowest BCUT2D eigenvalue weighted by atomic mass is 10.2. The lowest BCUT2D eigenvalue weighted by molar-refractivity contribution is -0.451. The number of anilines is 1. The highest BCUT2D eigenvalue weighted by Crippen LogP contribution is 2.10. The molecule has 0 aliphatic rings. The molecule has 0 aliphatic carbocycles. The number of halogens is 1. The minimum absolute atomic E-state index is 0.972. The van der Waals surface area contributed by atoms with E-state index in [1.54, 1.807) is 6.08 Å². The molecule has 1 N–H and O–H groups in total. The molecule has 0 fully saturated rings. The number of para-hydroxylation sites is 1. The quantitative estimate of drug-likeness (QED) is 0.207. The molecule has 4 heteroatoms. The van der Waals surface area contributed by atoms with Gasteiger partial charge in [0.2, 0.25) is 0 Å². The highest BCUT2D eigenvalue weighted by molar-refractivity contribution is 9.09. The maximum absolute atomic E-state index is 4.43. The second-order valence-corrected chi connectivity index (χ2v) is 5.99. The highest BCUT2D eigenvalue weighted by atomic mass is 79.9. The number of alkyl halides is 1. The molecule has 23 heavy (non-hydrogen) atoms. The number of rotatable bonds is 11. The van der Waals surface area contributed by atoms with Crippen LogP contribution in [0.2, 0.25) is 0 Å². The fourth-order valence-corrected chi connectivity index (χ4v) is 2.34. The van der Waals surface area contributed by atoms with E-state index in [1.165, 1.54) is 25.7 Å². The van der Waals surface area contributed by atoms with Crippen LogP contribution in [0.1, 0.15) is 25.7 Å². The van der Waals surface area contributed by atoms with E-state index < -0.39 is 0 Å². The first-order valence-corrected chi connectivity index (χ1v) is 9.18. The minimum Gasteiger partial charge on any atom is -0.269 e. The molecule has 0 unspecified atom stereocenters. The van der Waals surface area contributed by atoms with Crippen molar-refractivity contribution >= 4 is 34.0 Å². The first-order chi connectivity index (χ1) is 11.3. The van der Waals surface area contributed by atoms with Crippen LogP contribution in [0.5, 0.6) is 0 Å². The van der Waals surface area contributed by atoms with Gasteiger partial charge < -0.3 is 0 Å². The molecule has 0 spiro atoms. The molecule has 0 aromatic heterocycles. The Bertz CT molecular complexity index is 521. The summed E-state index contributed by atoms with van der Waals surface area (Å²) in [6.07, 6.45) is 12.6. The van der Waals surface area contributed by atoms with Crippen molar-refractivity contribution < 1.29 is 4.99 Å². The molecule has 1 aromatic rings. The molecular formula is C19H27BrN3+. The van der Waals surface area contributed by atoms with E-state index in [0.717, 1.165) is 23.1 Å². The molecule has 0 amide bonds. The van der Waals surface area contributed by atoms with Crippen LogP contribution in [0, 0.1) is 0 Å². The van der Waals surface area contributed by atoms with E-state index in [0.29, 0.717) is 0 Å². The zero-order valence-corrected chi connectivity index (χ0v) is 15.5. The number of unbranched alkanes of at least 4 members (excludes halogenated alkanes) is 3. The summed E-state index contributed by atoms with van der Waals surface area (Å²) in [6, 6.07) is 10.1. The lowest BCUT2D eigenvalue weighted by Gasteiger charge is -2.11. The van der Waals surface area contributed by atoms with Crippen molar-refractivity contribution in [1.29, 1.82) is 0 Å². The minimum atomic E-state index is 0.972. The predicted octanol–water partition coefficient (Wildman–Crippen LogP) is 3.33. The van der Waals surface area contributed by atoms with Crippen molar-refractivity contribution in [3.8, 4) is 0 Å². The summed E-state index contributed by atoms with van der Waals surface area (Å²) < 4.78 is 0. The van der Waals surface area contributed by atoms with Crippen molar-refractivity contribution in [2.45, 2.75) is 25.7 Å². The maximum atomic E-state index is 4.43. The van der Waals surface area contributed by atoms with Gasteiger partial charge in [0.05, 0.1) is 11.9 Å². The molecule has 3 nitrogen and oxygen atoms in total. The summed E-state index contributed by atoms with van der Waals surface area (Å²) >= 11 is 3.45. The average molecular weight is 377 g/mol. The summed E-state index contributed by atoms with van der Waals surface area (Å²) in [7, 11) is 1.93. The van der Waals surface area contributed by atoms with Gasteiger partial charge in [-0.1, -0.05) is 53.2 Å².